The van der Waals surface area contributed by atoms with Crippen LogP contribution in [0.4, 0.5) is 13.2 Å². The second-order valence-electron chi connectivity index (χ2n) is 5.54. The van der Waals surface area contributed by atoms with E-state index in [-0.39, 0.29) is 10.6 Å². The highest BCUT2D eigenvalue weighted by Gasteiger charge is 2.35. The van der Waals surface area contributed by atoms with Crippen molar-refractivity contribution < 1.29 is 22.7 Å². The predicted octanol–water partition coefficient (Wildman–Crippen LogP) is 4.17. The standard InChI is InChI=1S/C16H16F3NO2S/c1-22-15(21)14-12(9-5-7-20-8-6-9)10-3-2-4-11(13(10)23-14)16(17,18)19/h2-4,9,20H,5-8H2,1H3. The van der Waals surface area contributed by atoms with Crippen LogP contribution in [0.2, 0.25) is 0 Å². The molecule has 0 saturated carbocycles. The van der Waals surface area contributed by atoms with Gasteiger partial charge in [-0.25, -0.2) is 4.79 Å². The Hall–Kier alpha value is -1.60. The molecule has 0 spiro atoms. The summed E-state index contributed by atoms with van der Waals surface area (Å²) in [4.78, 5) is 12.4. The molecule has 0 bridgehead atoms. The van der Waals surface area contributed by atoms with Gasteiger partial charge in [-0.2, -0.15) is 13.2 Å². The van der Waals surface area contributed by atoms with Gasteiger partial charge >= 0.3 is 12.1 Å². The quantitative estimate of drug-likeness (QED) is 0.832. The maximum absolute atomic E-state index is 13.3. The van der Waals surface area contributed by atoms with Crippen LogP contribution < -0.4 is 5.32 Å². The maximum atomic E-state index is 13.3. The first-order chi connectivity index (χ1) is 10.9. The van der Waals surface area contributed by atoms with Gasteiger partial charge in [-0.15, -0.1) is 11.3 Å². The topological polar surface area (TPSA) is 38.3 Å². The average molecular weight is 343 g/mol. The molecule has 1 aliphatic heterocycles. The summed E-state index contributed by atoms with van der Waals surface area (Å²) in [7, 11) is 1.25. The number of carbonyl (C=O) groups is 1. The van der Waals surface area contributed by atoms with Gasteiger partial charge in [0.25, 0.3) is 0 Å². The van der Waals surface area contributed by atoms with Crippen LogP contribution in [0.1, 0.15) is 39.6 Å². The minimum Gasteiger partial charge on any atom is -0.465 e. The van der Waals surface area contributed by atoms with Gasteiger partial charge in [-0.05, 0) is 48.9 Å². The molecule has 1 fully saturated rings. The number of benzene rings is 1. The minimum absolute atomic E-state index is 0.0718. The van der Waals surface area contributed by atoms with Crippen molar-refractivity contribution >= 4 is 27.4 Å². The van der Waals surface area contributed by atoms with Crippen LogP contribution in [-0.2, 0) is 10.9 Å². The lowest BCUT2D eigenvalue weighted by molar-refractivity contribution is -0.136. The van der Waals surface area contributed by atoms with Gasteiger partial charge in [0, 0.05) is 4.70 Å². The van der Waals surface area contributed by atoms with Crippen LogP contribution in [0.15, 0.2) is 18.2 Å². The van der Waals surface area contributed by atoms with Crippen molar-refractivity contribution in [3.05, 3.63) is 34.2 Å². The molecule has 1 saturated heterocycles. The van der Waals surface area contributed by atoms with Crippen molar-refractivity contribution in [1.29, 1.82) is 0 Å². The second kappa shape index (κ2) is 6.13. The van der Waals surface area contributed by atoms with Crippen LogP contribution in [0, 0.1) is 0 Å². The van der Waals surface area contributed by atoms with E-state index in [0.717, 1.165) is 43.3 Å². The summed E-state index contributed by atoms with van der Waals surface area (Å²) >= 11 is 0.889. The Bertz CT molecular complexity index is 733. The molecule has 0 unspecified atom stereocenters. The molecule has 0 radical (unpaired) electrons. The summed E-state index contributed by atoms with van der Waals surface area (Å²) in [6, 6.07) is 4.14. The third-order valence-corrected chi connectivity index (χ3v) is 5.41. The van der Waals surface area contributed by atoms with E-state index in [1.54, 1.807) is 6.07 Å². The lowest BCUT2D eigenvalue weighted by Gasteiger charge is -2.23. The zero-order valence-corrected chi connectivity index (χ0v) is 13.3. The van der Waals surface area contributed by atoms with Crippen molar-refractivity contribution in [2.45, 2.75) is 24.9 Å². The fraction of sp³-hybridized carbons (Fsp3) is 0.438. The summed E-state index contributed by atoms with van der Waals surface area (Å²) in [5, 5.41) is 3.76. The molecule has 3 rings (SSSR count). The Morgan fingerprint density at radius 3 is 2.61 bits per heavy atom. The number of esters is 1. The van der Waals surface area contributed by atoms with E-state index in [9.17, 15) is 18.0 Å². The van der Waals surface area contributed by atoms with Crippen molar-refractivity contribution in [2.24, 2.45) is 0 Å². The molecule has 2 heterocycles. The highest BCUT2D eigenvalue weighted by Crippen LogP contribution is 2.45. The number of nitrogens with one attached hydrogen (secondary N) is 1. The van der Waals surface area contributed by atoms with Crippen LogP contribution >= 0.6 is 11.3 Å². The number of rotatable bonds is 2. The highest BCUT2D eigenvalue weighted by atomic mass is 32.1. The number of carbonyl (C=O) groups excluding carboxylic acids is 1. The van der Waals surface area contributed by atoms with E-state index in [1.165, 1.54) is 13.2 Å². The molecule has 3 nitrogen and oxygen atoms in total. The van der Waals surface area contributed by atoms with Gasteiger partial charge in [0.1, 0.15) is 4.88 Å². The van der Waals surface area contributed by atoms with E-state index in [1.807, 2.05) is 0 Å². The first kappa shape index (κ1) is 16.3. The average Bonchev–Trinajstić information content (AvgIpc) is 2.93. The molecule has 2 aromatic rings. The van der Waals surface area contributed by atoms with Crippen LogP contribution in [-0.4, -0.2) is 26.2 Å². The molecule has 1 aromatic heterocycles. The molecule has 124 valence electrons. The summed E-state index contributed by atoms with van der Waals surface area (Å²) in [6.07, 6.45) is -2.85. The summed E-state index contributed by atoms with van der Waals surface area (Å²) < 4.78 is 44.7. The van der Waals surface area contributed by atoms with Crippen molar-refractivity contribution in [1.82, 2.24) is 5.32 Å². The highest BCUT2D eigenvalue weighted by molar-refractivity contribution is 7.21. The normalized spacial score (nSPS) is 16.7. The molecule has 0 amide bonds. The van der Waals surface area contributed by atoms with Crippen LogP contribution in [0.5, 0.6) is 0 Å². The Kier molecular flexibility index (Phi) is 4.33. The zero-order chi connectivity index (χ0) is 16.6. The van der Waals surface area contributed by atoms with Crippen LogP contribution in [0.3, 0.4) is 0 Å². The monoisotopic (exact) mass is 343 g/mol. The predicted molar refractivity (Wildman–Crippen MR) is 83.0 cm³/mol. The molecule has 1 aliphatic rings. The maximum Gasteiger partial charge on any atom is 0.417 e. The lowest BCUT2D eigenvalue weighted by Crippen LogP contribution is -2.27. The number of fused-ring (bicyclic) bond motifs is 1. The zero-order valence-electron chi connectivity index (χ0n) is 12.5. The number of methoxy groups -OCH3 is 1. The smallest absolute Gasteiger partial charge is 0.417 e. The third kappa shape index (κ3) is 2.95. The van der Waals surface area contributed by atoms with Crippen LogP contribution in [0.25, 0.3) is 10.1 Å². The van der Waals surface area contributed by atoms with Gasteiger partial charge in [-0.1, -0.05) is 12.1 Å². The second-order valence-corrected chi connectivity index (χ2v) is 6.56. The number of hydrogen-bond donors (Lipinski definition) is 1. The SMILES string of the molecule is COC(=O)c1sc2c(C(F)(F)F)cccc2c1C1CCNCC1. The number of thiophene rings is 1. The Balaban J connectivity index is 2.24. The lowest BCUT2D eigenvalue weighted by atomic mass is 9.88. The fourth-order valence-electron chi connectivity index (χ4n) is 3.12. The fourth-order valence-corrected chi connectivity index (χ4v) is 4.46. The molecule has 0 aliphatic carbocycles. The number of piperidine rings is 1. The van der Waals surface area contributed by atoms with Crippen molar-refractivity contribution in [3.8, 4) is 0 Å². The number of hydrogen-bond acceptors (Lipinski definition) is 4. The van der Waals surface area contributed by atoms with Gasteiger partial charge in [0.2, 0.25) is 0 Å². The van der Waals surface area contributed by atoms with Gasteiger partial charge in [0.15, 0.2) is 0 Å². The summed E-state index contributed by atoms with van der Waals surface area (Å²) in [5.41, 5.74) is 0.0230. The third-order valence-electron chi connectivity index (χ3n) is 4.18. The Labute approximate surface area is 135 Å². The number of halogens is 3. The first-order valence-corrected chi connectivity index (χ1v) is 8.16. The Morgan fingerprint density at radius 1 is 1.30 bits per heavy atom. The molecule has 0 atom stereocenters. The molecule has 1 aromatic carbocycles. The van der Waals surface area contributed by atoms with E-state index in [4.69, 9.17) is 4.74 Å². The summed E-state index contributed by atoms with van der Waals surface area (Å²) in [6.45, 7) is 1.59. The Morgan fingerprint density at radius 2 is 2.00 bits per heavy atom. The molecular formula is C16H16F3NO2S. The van der Waals surface area contributed by atoms with Crippen molar-refractivity contribution in [3.63, 3.8) is 0 Å². The largest absolute Gasteiger partial charge is 0.465 e. The first-order valence-electron chi connectivity index (χ1n) is 7.35. The van der Waals surface area contributed by atoms with Gasteiger partial charge < -0.3 is 10.1 Å². The van der Waals surface area contributed by atoms with Crippen molar-refractivity contribution in [2.75, 3.05) is 20.2 Å². The van der Waals surface area contributed by atoms with E-state index < -0.39 is 17.7 Å². The number of ether oxygens (including phenoxy) is 1. The van der Waals surface area contributed by atoms with Gasteiger partial charge in [-0.3, -0.25) is 0 Å². The minimum atomic E-state index is -4.44. The van der Waals surface area contributed by atoms with E-state index >= 15 is 0 Å². The molecular weight excluding hydrogens is 327 g/mol. The van der Waals surface area contributed by atoms with E-state index in [0.29, 0.717) is 15.8 Å². The molecule has 23 heavy (non-hydrogen) atoms. The van der Waals surface area contributed by atoms with E-state index in [2.05, 4.69) is 5.32 Å². The summed E-state index contributed by atoms with van der Waals surface area (Å²) in [5.74, 6) is -0.490. The molecule has 7 heteroatoms. The van der Waals surface area contributed by atoms with Gasteiger partial charge in [0.05, 0.1) is 12.7 Å². The molecule has 1 N–H and O–H groups in total. The number of alkyl halides is 3.